The Morgan fingerprint density at radius 3 is 2.24 bits per heavy atom. The standard InChI is InChI=1S/C20H19Cl2FN4O2/c1-11(28)26-20-15(21)7-12(8-16(20)22)9-18(24)27-19(29)10-17(25-2)13-3-5-14(23)6-4-13/h3-8H,9-10H2,1-2H3,(H,26,28)(H2,24,27,29). The van der Waals surface area contributed by atoms with E-state index in [9.17, 15) is 14.0 Å². The molecular formula is C20H19Cl2FN4O2. The molecule has 2 aromatic carbocycles. The lowest BCUT2D eigenvalue weighted by Crippen LogP contribution is -2.32. The Bertz CT molecular complexity index is 952. The Balaban J connectivity index is 2.00. The molecule has 0 saturated heterocycles. The van der Waals surface area contributed by atoms with Gasteiger partial charge in [0.05, 0.1) is 27.9 Å². The number of rotatable bonds is 6. The van der Waals surface area contributed by atoms with Crippen molar-refractivity contribution in [2.75, 3.05) is 12.4 Å². The molecule has 0 bridgehead atoms. The summed E-state index contributed by atoms with van der Waals surface area (Å²) in [5.74, 6) is -1.16. The second kappa shape index (κ2) is 10.1. The summed E-state index contributed by atoms with van der Waals surface area (Å²) in [6, 6.07) is 8.79. The summed E-state index contributed by atoms with van der Waals surface area (Å²) < 4.78 is 13.1. The van der Waals surface area contributed by atoms with Crippen LogP contribution in [0.25, 0.3) is 0 Å². The van der Waals surface area contributed by atoms with Crippen LogP contribution < -0.4 is 10.6 Å². The van der Waals surface area contributed by atoms with Crippen LogP contribution in [0.2, 0.25) is 10.0 Å². The van der Waals surface area contributed by atoms with Gasteiger partial charge in [0.15, 0.2) is 0 Å². The molecule has 0 radical (unpaired) electrons. The highest BCUT2D eigenvalue weighted by molar-refractivity contribution is 6.39. The van der Waals surface area contributed by atoms with Gasteiger partial charge in [-0.3, -0.25) is 20.0 Å². The number of benzene rings is 2. The third-order valence-electron chi connectivity index (χ3n) is 3.85. The van der Waals surface area contributed by atoms with Gasteiger partial charge >= 0.3 is 0 Å². The van der Waals surface area contributed by atoms with E-state index in [1.807, 2.05) is 0 Å². The molecule has 0 atom stereocenters. The van der Waals surface area contributed by atoms with Gasteiger partial charge in [-0.05, 0) is 35.4 Å². The van der Waals surface area contributed by atoms with Gasteiger partial charge in [0.1, 0.15) is 11.7 Å². The Kier molecular flexibility index (Phi) is 7.87. The number of amidine groups is 1. The number of anilines is 1. The fraction of sp³-hybridized carbons (Fsp3) is 0.200. The summed E-state index contributed by atoms with van der Waals surface area (Å²) in [6.07, 6.45) is 0.0220. The lowest BCUT2D eigenvalue weighted by molar-refractivity contribution is -0.118. The Morgan fingerprint density at radius 1 is 1.14 bits per heavy atom. The molecule has 9 heteroatoms. The maximum absolute atomic E-state index is 13.1. The quantitative estimate of drug-likeness (QED) is 0.466. The highest BCUT2D eigenvalue weighted by Crippen LogP contribution is 2.32. The molecule has 29 heavy (non-hydrogen) atoms. The fourth-order valence-electron chi connectivity index (χ4n) is 2.59. The van der Waals surface area contributed by atoms with Gasteiger partial charge in [-0.15, -0.1) is 0 Å². The van der Waals surface area contributed by atoms with E-state index >= 15 is 0 Å². The second-order valence-corrected chi connectivity index (χ2v) is 6.99. The average molecular weight is 437 g/mol. The van der Waals surface area contributed by atoms with E-state index in [0.29, 0.717) is 22.5 Å². The molecule has 2 aromatic rings. The first-order valence-corrected chi connectivity index (χ1v) is 9.29. The molecule has 2 rings (SSSR count). The van der Waals surface area contributed by atoms with Crippen molar-refractivity contribution >= 4 is 52.3 Å². The average Bonchev–Trinajstić information content (AvgIpc) is 2.63. The number of hydrogen-bond acceptors (Lipinski definition) is 4. The minimum Gasteiger partial charge on any atom is -0.324 e. The fourth-order valence-corrected chi connectivity index (χ4v) is 3.22. The largest absolute Gasteiger partial charge is 0.324 e. The number of aliphatic imine (C=N–C) groups is 1. The Morgan fingerprint density at radius 2 is 1.72 bits per heavy atom. The third-order valence-corrected chi connectivity index (χ3v) is 4.45. The van der Waals surface area contributed by atoms with E-state index in [1.54, 1.807) is 12.1 Å². The zero-order valence-electron chi connectivity index (χ0n) is 15.8. The molecular weight excluding hydrogens is 418 g/mol. The van der Waals surface area contributed by atoms with Crippen molar-refractivity contribution in [2.24, 2.45) is 4.99 Å². The molecule has 0 unspecified atom stereocenters. The lowest BCUT2D eigenvalue weighted by atomic mass is 10.1. The normalized spacial score (nSPS) is 11.1. The summed E-state index contributed by atoms with van der Waals surface area (Å²) in [5.41, 5.74) is 1.99. The van der Waals surface area contributed by atoms with Crippen LogP contribution in [0.15, 0.2) is 41.4 Å². The predicted octanol–water partition coefficient (Wildman–Crippen LogP) is 4.24. The molecule has 0 fully saturated rings. The Labute approximate surface area is 177 Å². The molecule has 152 valence electrons. The van der Waals surface area contributed by atoms with E-state index in [0.717, 1.165) is 0 Å². The highest BCUT2D eigenvalue weighted by atomic mass is 35.5. The summed E-state index contributed by atoms with van der Waals surface area (Å²) in [5, 5.41) is 13.5. The Hall–Kier alpha value is -2.77. The van der Waals surface area contributed by atoms with Crippen molar-refractivity contribution in [3.63, 3.8) is 0 Å². The van der Waals surface area contributed by atoms with Gasteiger partial charge in [0, 0.05) is 20.4 Å². The molecule has 0 aliphatic carbocycles. The van der Waals surface area contributed by atoms with Crippen LogP contribution in [-0.2, 0) is 16.0 Å². The zero-order chi connectivity index (χ0) is 21.6. The van der Waals surface area contributed by atoms with Gasteiger partial charge in [0.2, 0.25) is 11.8 Å². The summed E-state index contributed by atoms with van der Waals surface area (Å²) in [6.45, 7) is 1.34. The van der Waals surface area contributed by atoms with E-state index in [2.05, 4.69) is 15.6 Å². The maximum Gasteiger partial charge on any atom is 0.231 e. The van der Waals surface area contributed by atoms with Crippen LogP contribution in [0.4, 0.5) is 10.1 Å². The van der Waals surface area contributed by atoms with Crippen LogP contribution in [0.1, 0.15) is 24.5 Å². The van der Waals surface area contributed by atoms with Gasteiger partial charge in [-0.25, -0.2) is 4.39 Å². The summed E-state index contributed by atoms with van der Waals surface area (Å²) >= 11 is 12.3. The molecule has 0 aliphatic heterocycles. The van der Waals surface area contributed by atoms with Crippen molar-refractivity contribution in [1.29, 1.82) is 5.41 Å². The summed E-state index contributed by atoms with van der Waals surface area (Å²) in [7, 11) is 1.54. The number of amides is 2. The minimum absolute atomic E-state index is 0.0519. The second-order valence-electron chi connectivity index (χ2n) is 6.17. The van der Waals surface area contributed by atoms with Gasteiger partial charge in [-0.2, -0.15) is 0 Å². The molecule has 3 N–H and O–H groups in total. The molecule has 2 amide bonds. The van der Waals surface area contributed by atoms with Gasteiger partial charge in [0.25, 0.3) is 0 Å². The first kappa shape index (κ1) is 22.5. The zero-order valence-corrected chi connectivity index (χ0v) is 17.3. The SMILES string of the molecule is CN=C(CC(=O)NC(=N)Cc1cc(Cl)c(NC(C)=O)c(Cl)c1)c1ccc(F)cc1. The van der Waals surface area contributed by atoms with Crippen LogP contribution in [-0.4, -0.2) is 30.4 Å². The van der Waals surface area contributed by atoms with E-state index < -0.39 is 5.91 Å². The molecule has 0 aromatic heterocycles. The number of hydrogen-bond donors (Lipinski definition) is 3. The van der Waals surface area contributed by atoms with Crippen molar-refractivity contribution < 1.29 is 14.0 Å². The third kappa shape index (κ3) is 6.66. The van der Waals surface area contributed by atoms with E-state index in [-0.39, 0.29) is 40.4 Å². The van der Waals surface area contributed by atoms with Gasteiger partial charge < -0.3 is 10.6 Å². The monoisotopic (exact) mass is 436 g/mol. The number of carbonyl (C=O) groups excluding carboxylic acids is 2. The van der Waals surface area contributed by atoms with Crippen molar-refractivity contribution in [1.82, 2.24) is 5.32 Å². The van der Waals surface area contributed by atoms with Crippen LogP contribution in [0.3, 0.4) is 0 Å². The lowest BCUT2D eigenvalue weighted by Gasteiger charge is -2.12. The molecule has 0 aliphatic rings. The number of halogens is 3. The van der Waals surface area contributed by atoms with Crippen molar-refractivity contribution in [3.8, 4) is 0 Å². The van der Waals surface area contributed by atoms with Crippen LogP contribution in [0.5, 0.6) is 0 Å². The topological polar surface area (TPSA) is 94.4 Å². The summed E-state index contributed by atoms with van der Waals surface area (Å²) in [4.78, 5) is 27.5. The van der Waals surface area contributed by atoms with Crippen molar-refractivity contribution in [3.05, 3.63) is 63.4 Å². The van der Waals surface area contributed by atoms with E-state index in [1.165, 1.54) is 38.2 Å². The van der Waals surface area contributed by atoms with Crippen LogP contribution in [0, 0.1) is 11.2 Å². The maximum atomic E-state index is 13.1. The molecule has 0 heterocycles. The molecule has 6 nitrogen and oxygen atoms in total. The number of carbonyl (C=O) groups is 2. The number of nitrogens with zero attached hydrogens (tertiary/aromatic N) is 1. The molecule has 0 saturated carbocycles. The van der Waals surface area contributed by atoms with Crippen molar-refractivity contribution in [2.45, 2.75) is 19.8 Å². The first-order valence-electron chi connectivity index (χ1n) is 8.54. The highest BCUT2D eigenvalue weighted by Gasteiger charge is 2.14. The predicted molar refractivity (Wildman–Crippen MR) is 114 cm³/mol. The smallest absolute Gasteiger partial charge is 0.231 e. The first-order chi connectivity index (χ1) is 13.7. The minimum atomic E-state index is -0.424. The van der Waals surface area contributed by atoms with Gasteiger partial charge in [-0.1, -0.05) is 35.3 Å². The van der Waals surface area contributed by atoms with Crippen LogP contribution >= 0.6 is 23.2 Å². The number of nitrogens with one attached hydrogen (secondary N) is 3. The molecule has 0 spiro atoms. The van der Waals surface area contributed by atoms with E-state index in [4.69, 9.17) is 28.6 Å².